The number of hydrogen-bond donors (Lipinski definition) is 1. The van der Waals surface area contributed by atoms with Gasteiger partial charge in [0.1, 0.15) is 6.61 Å². The molecule has 0 saturated carbocycles. The van der Waals surface area contributed by atoms with Gasteiger partial charge in [-0.2, -0.15) is 0 Å². The molecule has 5 nitrogen and oxygen atoms in total. The van der Waals surface area contributed by atoms with Crippen LogP contribution in [0.25, 0.3) is 0 Å². The summed E-state index contributed by atoms with van der Waals surface area (Å²) in [5, 5.41) is 12.3. The summed E-state index contributed by atoms with van der Waals surface area (Å²) >= 11 is 0. The minimum atomic E-state index is -2.75. The number of carbonyl (C=O) groups is 1. The van der Waals surface area contributed by atoms with Gasteiger partial charge in [-0.1, -0.05) is 112 Å². The van der Waals surface area contributed by atoms with Crippen LogP contribution in [0.3, 0.4) is 0 Å². The van der Waals surface area contributed by atoms with E-state index >= 15 is 0 Å². The van der Waals surface area contributed by atoms with Crippen molar-refractivity contribution in [2.24, 2.45) is 0 Å². The van der Waals surface area contributed by atoms with Crippen LogP contribution in [-0.4, -0.2) is 49.7 Å². The highest BCUT2D eigenvalue weighted by atomic mass is 28.4. The number of likely N-dealkylation sites (tertiary alicyclic amines) is 1. The highest BCUT2D eigenvalue weighted by Gasteiger charge is 2.53. The van der Waals surface area contributed by atoms with E-state index in [0.29, 0.717) is 13.0 Å². The van der Waals surface area contributed by atoms with E-state index in [0.717, 1.165) is 5.56 Å². The predicted octanol–water partition coefficient (Wildman–Crippen LogP) is 4.34. The molecule has 1 amide bonds. The molecule has 3 aromatic rings. The Hall–Kier alpha value is -2.93. The van der Waals surface area contributed by atoms with E-state index in [1.165, 1.54) is 10.4 Å². The molecule has 0 bridgehead atoms. The molecule has 6 heteroatoms. The summed E-state index contributed by atoms with van der Waals surface area (Å²) in [6.07, 6.45) is -0.0503. The largest absolute Gasteiger partial charge is 0.445 e. The van der Waals surface area contributed by atoms with Crippen molar-refractivity contribution in [3.8, 4) is 0 Å². The smallest absolute Gasteiger partial charge is 0.410 e. The number of hydrogen-bond acceptors (Lipinski definition) is 4. The number of nitrogens with zero attached hydrogens (tertiary/aromatic N) is 1. The minimum absolute atomic E-state index is 0.124. The number of amides is 1. The summed E-state index contributed by atoms with van der Waals surface area (Å²) in [5.41, 5.74) is 0.931. The van der Waals surface area contributed by atoms with Gasteiger partial charge < -0.3 is 19.2 Å². The van der Waals surface area contributed by atoms with Gasteiger partial charge in [-0.05, 0) is 27.4 Å². The van der Waals surface area contributed by atoms with E-state index < -0.39 is 14.4 Å². The topological polar surface area (TPSA) is 59.0 Å². The number of benzene rings is 3. The second-order valence-corrected chi connectivity index (χ2v) is 14.4. The Morgan fingerprint density at radius 3 is 1.91 bits per heavy atom. The van der Waals surface area contributed by atoms with E-state index in [9.17, 15) is 9.90 Å². The van der Waals surface area contributed by atoms with Crippen molar-refractivity contribution in [1.29, 1.82) is 0 Å². The molecule has 1 N–H and O–H groups in total. The van der Waals surface area contributed by atoms with Gasteiger partial charge in [0.05, 0.1) is 18.8 Å². The highest BCUT2D eigenvalue weighted by Crippen LogP contribution is 2.39. The zero-order valence-corrected chi connectivity index (χ0v) is 21.8. The normalized spacial score (nSPS) is 18.5. The van der Waals surface area contributed by atoms with Gasteiger partial charge in [-0.15, -0.1) is 0 Å². The maximum Gasteiger partial charge on any atom is 0.410 e. The molecule has 1 saturated heterocycles. The summed E-state index contributed by atoms with van der Waals surface area (Å²) in [5.74, 6) is 0. The van der Waals surface area contributed by atoms with Crippen molar-refractivity contribution in [1.82, 2.24) is 4.90 Å². The van der Waals surface area contributed by atoms with Gasteiger partial charge in [-0.3, -0.25) is 0 Å². The number of aliphatic hydroxyl groups excluding tert-OH is 1. The molecular formula is C29H35NO4Si. The number of aliphatic hydroxyl groups is 1. The lowest BCUT2D eigenvalue weighted by Gasteiger charge is -2.44. The maximum atomic E-state index is 13.0. The van der Waals surface area contributed by atoms with Crippen LogP contribution in [0, 0.1) is 0 Å². The summed E-state index contributed by atoms with van der Waals surface area (Å²) in [6, 6.07) is 30.2. The van der Waals surface area contributed by atoms with Crippen LogP contribution >= 0.6 is 0 Å². The third-order valence-electron chi connectivity index (χ3n) is 6.79. The summed E-state index contributed by atoms with van der Waals surface area (Å²) in [6.45, 7) is 7.19. The van der Waals surface area contributed by atoms with Crippen LogP contribution < -0.4 is 10.4 Å². The fraction of sp³-hybridized carbons (Fsp3) is 0.345. The standard InChI is InChI=1S/C29H35NO4Si/c1-29(2,3)35(26-15-9-5-10-16-26,27-17-11-6-12-18-27)34-25-19-24(21-31)30(20-25)28(32)33-22-23-13-7-4-8-14-23/h4-18,24-25,31H,19-22H2,1-3H3/t24-,25-/m1/s1. The van der Waals surface area contributed by atoms with Crippen LogP contribution in [0.2, 0.25) is 5.04 Å². The highest BCUT2D eigenvalue weighted by molar-refractivity contribution is 6.99. The fourth-order valence-electron chi connectivity index (χ4n) is 5.10. The Kier molecular flexibility index (Phi) is 7.74. The van der Waals surface area contributed by atoms with Gasteiger partial charge in [0, 0.05) is 6.54 Å². The van der Waals surface area contributed by atoms with E-state index in [1.807, 2.05) is 42.5 Å². The third-order valence-corrected chi connectivity index (χ3v) is 11.9. The molecule has 0 unspecified atom stereocenters. The van der Waals surface area contributed by atoms with Crippen LogP contribution in [0.15, 0.2) is 91.0 Å². The van der Waals surface area contributed by atoms with Crippen LogP contribution in [0.1, 0.15) is 32.8 Å². The molecule has 0 aromatic heterocycles. The molecule has 0 spiro atoms. The van der Waals surface area contributed by atoms with Crippen molar-refractivity contribution in [2.45, 2.75) is 51.0 Å². The first-order chi connectivity index (χ1) is 16.8. The molecular weight excluding hydrogens is 454 g/mol. The first kappa shape index (κ1) is 25.2. The molecule has 2 atom stereocenters. The first-order valence-electron chi connectivity index (χ1n) is 12.2. The maximum absolute atomic E-state index is 13.0. The summed E-state index contributed by atoms with van der Waals surface area (Å²) in [7, 11) is -2.75. The van der Waals surface area contributed by atoms with Crippen LogP contribution in [0.4, 0.5) is 4.79 Å². The zero-order chi connectivity index (χ0) is 24.9. The van der Waals surface area contributed by atoms with Gasteiger partial charge in [-0.25, -0.2) is 4.79 Å². The molecule has 1 fully saturated rings. The Morgan fingerprint density at radius 1 is 0.914 bits per heavy atom. The molecule has 1 aliphatic heterocycles. The minimum Gasteiger partial charge on any atom is -0.445 e. The van der Waals surface area contributed by atoms with Gasteiger partial charge in [0.25, 0.3) is 8.32 Å². The fourth-order valence-corrected chi connectivity index (χ4v) is 9.78. The van der Waals surface area contributed by atoms with Gasteiger partial charge >= 0.3 is 6.09 Å². The Labute approximate surface area is 209 Å². The van der Waals surface area contributed by atoms with Gasteiger partial charge in [0.2, 0.25) is 0 Å². The Balaban J connectivity index is 1.61. The second-order valence-electron chi connectivity index (χ2n) is 10.2. The molecule has 4 rings (SSSR count). The summed E-state index contributed by atoms with van der Waals surface area (Å²) in [4.78, 5) is 14.6. The molecule has 35 heavy (non-hydrogen) atoms. The lowest BCUT2D eigenvalue weighted by Crippen LogP contribution is -2.67. The number of carbonyl (C=O) groups excluding carboxylic acids is 1. The molecule has 0 aliphatic carbocycles. The summed E-state index contributed by atoms with van der Waals surface area (Å²) < 4.78 is 12.8. The SMILES string of the molecule is CC(C)(C)[Si](O[C@@H]1C[C@H](CO)N(C(=O)OCc2ccccc2)C1)(c1ccccc1)c1ccccc1. The van der Waals surface area contributed by atoms with Crippen molar-refractivity contribution in [2.75, 3.05) is 13.2 Å². The van der Waals surface area contributed by atoms with Crippen LogP contribution in [0.5, 0.6) is 0 Å². The zero-order valence-electron chi connectivity index (χ0n) is 20.8. The molecule has 3 aromatic carbocycles. The van der Waals surface area contributed by atoms with Crippen molar-refractivity contribution in [3.63, 3.8) is 0 Å². The third kappa shape index (κ3) is 5.35. The average molecular weight is 490 g/mol. The second kappa shape index (κ2) is 10.8. The van der Waals surface area contributed by atoms with E-state index in [1.54, 1.807) is 4.90 Å². The lowest BCUT2D eigenvalue weighted by atomic mass is 10.2. The van der Waals surface area contributed by atoms with E-state index in [-0.39, 0.29) is 30.4 Å². The average Bonchev–Trinajstić information content (AvgIpc) is 3.30. The lowest BCUT2D eigenvalue weighted by molar-refractivity contribution is 0.0776. The first-order valence-corrected chi connectivity index (χ1v) is 14.1. The number of ether oxygens (including phenoxy) is 1. The van der Waals surface area contributed by atoms with Crippen molar-refractivity contribution >= 4 is 24.8 Å². The molecule has 1 heterocycles. The monoisotopic (exact) mass is 489 g/mol. The van der Waals surface area contributed by atoms with Crippen molar-refractivity contribution < 1.29 is 19.1 Å². The van der Waals surface area contributed by atoms with E-state index in [4.69, 9.17) is 9.16 Å². The quantitative estimate of drug-likeness (QED) is 0.502. The molecule has 0 radical (unpaired) electrons. The Bertz CT molecular complexity index is 1050. The van der Waals surface area contributed by atoms with Crippen LogP contribution in [-0.2, 0) is 15.8 Å². The number of rotatable bonds is 7. The van der Waals surface area contributed by atoms with Crippen molar-refractivity contribution in [3.05, 3.63) is 96.6 Å². The van der Waals surface area contributed by atoms with E-state index in [2.05, 4.69) is 69.3 Å². The Morgan fingerprint density at radius 2 is 1.43 bits per heavy atom. The predicted molar refractivity (Wildman–Crippen MR) is 141 cm³/mol. The molecule has 1 aliphatic rings. The molecule has 184 valence electrons. The van der Waals surface area contributed by atoms with Gasteiger partial charge in [0.15, 0.2) is 0 Å².